The molecule has 0 unspecified atom stereocenters. The number of hydrogen-bond acceptors (Lipinski definition) is 3. The van der Waals surface area contributed by atoms with Crippen LogP contribution in [0.2, 0.25) is 0 Å². The fourth-order valence-electron chi connectivity index (χ4n) is 2.32. The van der Waals surface area contributed by atoms with Crippen molar-refractivity contribution in [2.75, 3.05) is 23.8 Å². The highest BCUT2D eigenvalue weighted by molar-refractivity contribution is 5.94. The number of amides is 1. The first-order valence-electron chi connectivity index (χ1n) is 8.43. The summed E-state index contributed by atoms with van der Waals surface area (Å²) in [6.45, 7) is 7.05. The summed E-state index contributed by atoms with van der Waals surface area (Å²) in [4.78, 5) is 12.2. The van der Waals surface area contributed by atoms with E-state index in [1.807, 2.05) is 56.3 Å². The minimum Gasteiger partial charge on any atom is -0.491 e. The lowest BCUT2D eigenvalue weighted by atomic mass is 10.1. The first-order chi connectivity index (χ1) is 11.6. The van der Waals surface area contributed by atoms with Crippen molar-refractivity contribution in [1.82, 2.24) is 0 Å². The van der Waals surface area contributed by atoms with E-state index in [4.69, 9.17) is 4.74 Å². The van der Waals surface area contributed by atoms with Crippen LogP contribution in [0.4, 0.5) is 11.4 Å². The van der Waals surface area contributed by atoms with Crippen LogP contribution in [0, 0.1) is 13.8 Å². The molecule has 0 radical (unpaired) electrons. The minimum atomic E-state index is -0.0768. The lowest BCUT2D eigenvalue weighted by molar-refractivity contribution is -0.114. The molecule has 2 N–H and O–H groups in total. The Bertz CT molecular complexity index is 683. The Morgan fingerprint density at radius 1 is 1.04 bits per heavy atom. The zero-order valence-electron chi connectivity index (χ0n) is 14.7. The molecule has 0 bridgehead atoms. The molecule has 0 atom stereocenters. The van der Waals surface area contributed by atoms with Gasteiger partial charge in [-0.2, -0.15) is 0 Å². The quantitative estimate of drug-likeness (QED) is 0.701. The van der Waals surface area contributed by atoms with Gasteiger partial charge in [-0.15, -0.1) is 0 Å². The summed E-state index contributed by atoms with van der Waals surface area (Å²) in [5, 5.41) is 6.11. The molecule has 4 nitrogen and oxygen atoms in total. The van der Waals surface area contributed by atoms with Crippen LogP contribution in [-0.4, -0.2) is 19.1 Å². The number of hydrogen-bond donors (Lipinski definition) is 2. The second-order valence-corrected chi connectivity index (χ2v) is 5.85. The predicted octanol–water partition coefficient (Wildman–Crippen LogP) is 4.53. The minimum absolute atomic E-state index is 0.0768. The van der Waals surface area contributed by atoms with Crippen molar-refractivity contribution in [3.8, 4) is 5.75 Å². The Kier molecular flexibility index (Phi) is 6.67. The second-order valence-electron chi connectivity index (χ2n) is 5.85. The number of ether oxygens (including phenoxy) is 1. The van der Waals surface area contributed by atoms with Crippen LogP contribution in [0.5, 0.6) is 5.75 Å². The molecular weight excluding hydrogens is 300 g/mol. The first kappa shape index (κ1) is 17.9. The van der Waals surface area contributed by atoms with Gasteiger partial charge in [0.15, 0.2) is 0 Å². The van der Waals surface area contributed by atoms with Gasteiger partial charge in [0.2, 0.25) is 5.91 Å². The third-order valence-electron chi connectivity index (χ3n) is 3.96. The first-order valence-corrected chi connectivity index (χ1v) is 8.43. The van der Waals surface area contributed by atoms with Gasteiger partial charge in [-0.3, -0.25) is 4.79 Å². The van der Waals surface area contributed by atoms with E-state index in [1.54, 1.807) is 0 Å². The molecule has 0 aliphatic carbocycles. The van der Waals surface area contributed by atoms with Crippen LogP contribution in [0.15, 0.2) is 42.5 Å². The third kappa shape index (κ3) is 5.01. The highest BCUT2D eigenvalue weighted by Gasteiger charge is 2.08. The molecule has 128 valence electrons. The number of aryl methyl sites for hydroxylation is 1. The molecule has 0 spiro atoms. The topological polar surface area (TPSA) is 50.4 Å². The molecule has 2 rings (SSSR count). The second kappa shape index (κ2) is 8.96. The number of anilines is 2. The summed E-state index contributed by atoms with van der Waals surface area (Å²) in [7, 11) is 0. The van der Waals surface area contributed by atoms with Gasteiger partial charge >= 0.3 is 0 Å². The lowest BCUT2D eigenvalue weighted by Crippen LogP contribution is -2.22. The molecule has 0 saturated carbocycles. The number of nitrogens with one attached hydrogen (secondary N) is 2. The van der Waals surface area contributed by atoms with Gasteiger partial charge in [-0.05, 0) is 49.6 Å². The molecule has 4 heteroatoms. The Morgan fingerprint density at radius 3 is 2.58 bits per heavy atom. The number of rotatable bonds is 8. The molecule has 2 aromatic carbocycles. The molecule has 24 heavy (non-hydrogen) atoms. The van der Waals surface area contributed by atoms with Gasteiger partial charge in [-0.25, -0.2) is 0 Å². The van der Waals surface area contributed by atoms with E-state index in [1.165, 1.54) is 0 Å². The molecule has 0 aliphatic heterocycles. The highest BCUT2D eigenvalue weighted by Crippen LogP contribution is 2.24. The van der Waals surface area contributed by atoms with Crippen LogP contribution in [0.3, 0.4) is 0 Å². The summed E-state index contributed by atoms with van der Waals surface area (Å²) in [6, 6.07) is 13.6. The van der Waals surface area contributed by atoms with Crippen molar-refractivity contribution in [3.63, 3.8) is 0 Å². The molecule has 0 aromatic heterocycles. The zero-order valence-corrected chi connectivity index (χ0v) is 14.7. The van der Waals surface area contributed by atoms with Gasteiger partial charge in [0.25, 0.3) is 0 Å². The van der Waals surface area contributed by atoms with E-state index in [9.17, 15) is 4.79 Å². The normalized spacial score (nSPS) is 10.3. The summed E-state index contributed by atoms with van der Waals surface area (Å²) in [5.74, 6) is 0.706. The Balaban J connectivity index is 1.93. The Morgan fingerprint density at radius 2 is 1.79 bits per heavy atom. The van der Waals surface area contributed by atoms with Crippen LogP contribution in [0.25, 0.3) is 0 Å². The maximum absolute atomic E-state index is 12.2. The number of benzene rings is 2. The lowest BCUT2D eigenvalue weighted by Gasteiger charge is -2.14. The fraction of sp³-hybridized carbons (Fsp3) is 0.350. The van der Waals surface area contributed by atoms with Crippen LogP contribution >= 0.6 is 0 Å². The van der Waals surface area contributed by atoms with Gasteiger partial charge in [-0.1, -0.05) is 37.6 Å². The fourth-order valence-corrected chi connectivity index (χ4v) is 2.32. The van der Waals surface area contributed by atoms with Crippen molar-refractivity contribution < 1.29 is 9.53 Å². The van der Waals surface area contributed by atoms with Gasteiger partial charge in [0.1, 0.15) is 5.75 Å². The molecule has 1 amide bonds. The number of carbonyl (C=O) groups is 1. The van der Waals surface area contributed by atoms with Crippen molar-refractivity contribution in [3.05, 3.63) is 53.6 Å². The monoisotopic (exact) mass is 326 g/mol. The van der Waals surface area contributed by atoms with Gasteiger partial charge in [0, 0.05) is 5.69 Å². The van der Waals surface area contributed by atoms with E-state index in [0.29, 0.717) is 6.61 Å². The van der Waals surface area contributed by atoms with Gasteiger partial charge in [0.05, 0.1) is 18.8 Å². The number of carbonyl (C=O) groups excluding carboxylic acids is 1. The van der Waals surface area contributed by atoms with E-state index < -0.39 is 0 Å². The van der Waals surface area contributed by atoms with Crippen LogP contribution in [0.1, 0.15) is 30.9 Å². The molecule has 0 fully saturated rings. The maximum Gasteiger partial charge on any atom is 0.243 e. The smallest absolute Gasteiger partial charge is 0.243 e. The summed E-state index contributed by atoms with van der Waals surface area (Å²) < 4.78 is 5.77. The Hall–Kier alpha value is -2.49. The number of unbranched alkanes of at least 4 members (excludes halogenated alkanes) is 1. The molecule has 0 saturated heterocycles. The standard InChI is InChI=1S/C20H26N2O2/c1-4-5-13-24-19-12-7-6-10-18(19)21-14-20(23)22-17-11-8-9-15(2)16(17)3/h6-12,21H,4-5,13-14H2,1-3H3,(H,22,23). The average Bonchev–Trinajstić information content (AvgIpc) is 2.58. The molecular formula is C20H26N2O2. The highest BCUT2D eigenvalue weighted by atomic mass is 16.5. The molecule has 0 aliphatic rings. The SMILES string of the molecule is CCCCOc1ccccc1NCC(=O)Nc1cccc(C)c1C. The Labute approximate surface area is 144 Å². The largest absolute Gasteiger partial charge is 0.491 e. The predicted molar refractivity (Wildman–Crippen MR) is 99.9 cm³/mol. The summed E-state index contributed by atoms with van der Waals surface area (Å²) in [5.41, 5.74) is 3.95. The van der Waals surface area contributed by atoms with Crippen molar-refractivity contribution in [2.24, 2.45) is 0 Å². The number of para-hydroxylation sites is 2. The molecule has 0 heterocycles. The van der Waals surface area contributed by atoms with Crippen molar-refractivity contribution in [1.29, 1.82) is 0 Å². The van der Waals surface area contributed by atoms with E-state index in [-0.39, 0.29) is 12.5 Å². The summed E-state index contributed by atoms with van der Waals surface area (Å²) >= 11 is 0. The van der Waals surface area contributed by atoms with Crippen LogP contribution in [-0.2, 0) is 4.79 Å². The van der Waals surface area contributed by atoms with Gasteiger partial charge < -0.3 is 15.4 Å². The van der Waals surface area contributed by atoms with Crippen molar-refractivity contribution >= 4 is 17.3 Å². The molecule has 2 aromatic rings. The van der Waals surface area contributed by atoms with E-state index >= 15 is 0 Å². The zero-order chi connectivity index (χ0) is 17.4. The maximum atomic E-state index is 12.2. The van der Waals surface area contributed by atoms with Crippen molar-refractivity contribution in [2.45, 2.75) is 33.6 Å². The summed E-state index contributed by atoms with van der Waals surface area (Å²) in [6.07, 6.45) is 2.11. The third-order valence-corrected chi connectivity index (χ3v) is 3.96. The van der Waals surface area contributed by atoms with Crippen LogP contribution < -0.4 is 15.4 Å². The van der Waals surface area contributed by atoms with E-state index in [0.717, 1.165) is 41.1 Å². The average molecular weight is 326 g/mol. The van der Waals surface area contributed by atoms with E-state index in [2.05, 4.69) is 17.6 Å².